The molecule has 2 N–H and O–H groups in total. The zero-order valence-electron chi connectivity index (χ0n) is 9.26. The summed E-state index contributed by atoms with van der Waals surface area (Å²) in [7, 11) is 0. The van der Waals surface area contributed by atoms with Crippen LogP contribution in [0.25, 0.3) is 5.65 Å². The molecular formula is C12H13N3O2. The Morgan fingerprint density at radius 1 is 1.53 bits per heavy atom. The third-order valence-corrected chi connectivity index (χ3v) is 2.98. The standard InChI is InChI=1S/C12H13N3O2/c16-12(17)8-1-4-11-14-6-10(15(11)7-8)5-13-9-2-3-9/h1,4,6-7,9,13H,2-3,5H2,(H,16,17). The second-order valence-corrected chi connectivity index (χ2v) is 4.36. The molecular weight excluding hydrogens is 218 g/mol. The lowest BCUT2D eigenvalue weighted by atomic mass is 10.3. The molecule has 0 saturated heterocycles. The highest BCUT2D eigenvalue weighted by Gasteiger charge is 2.20. The molecule has 3 rings (SSSR count). The van der Waals surface area contributed by atoms with Crippen LogP contribution in [0.15, 0.2) is 24.5 Å². The van der Waals surface area contributed by atoms with Crippen LogP contribution in [0.2, 0.25) is 0 Å². The Hall–Kier alpha value is -1.88. The van der Waals surface area contributed by atoms with Gasteiger partial charge in [-0.05, 0) is 25.0 Å². The first kappa shape index (κ1) is 10.3. The maximum atomic E-state index is 10.9. The van der Waals surface area contributed by atoms with Gasteiger partial charge in [0.2, 0.25) is 0 Å². The highest BCUT2D eigenvalue weighted by Crippen LogP contribution is 2.19. The van der Waals surface area contributed by atoms with E-state index in [1.54, 1.807) is 24.5 Å². The minimum absolute atomic E-state index is 0.281. The Morgan fingerprint density at radius 3 is 3.06 bits per heavy atom. The van der Waals surface area contributed by atoms with Crippen LogP contribution >= 0.6 is 0 Å². The fourth-order valence-electron chi connectivity index (χ4n) is 1.82. The monoisotopic (exact) mass is 231 g/mol. The van der Waals surface area contributed by atoms with Crippen molar-refractivity contribution in [1.82, 2.24) is 14.7 Å². The van der Waals surface area contributed by atoms with Crippen LogP contribution in [0.1, 0.15) is 28.9 Å². The molecule has 0 atom stereocenters. The van der Waals surface area contributed by atoms with Crippen LogP contribution in [0.3, 0.4) is 0 Å². The molecule has 0 aliphatic heterocycles. The van der Waals surface area contributed by atoms with Crippen LogP contribution in [0, 0.1) is 0 Å². The number of pyridine rings is 1. The second kappa shape index (κ2) is 3.85. The fourth-order valence-corrected chi connectivity index (χ4v) is 1.82. The molecule has 0 aromatic carbocycles. The van der Waals surface area contributed by atoms with Gasteiger partial charge >= 0.3 is 5.97 Å². The Balaban J connectivity index is 1.93. The number of rotatable bonds is 4. The summed E-state index contributed by atoms with van der Waals surface area (Å²) < 4.78 is 1.83. The lowest BCUT2D eigenvalue weighted by molar-refractivity contribution is 0.0696. The zero-order valence-corrected chi connectivity index (χ0v) is 9.26. The van der Waals surface area contributed by atoms with Crippen molar-refractivity contribution in [3.63, 3.8) is 0 Å². The summed E-state index contributed by atoms with van der Waals surface area (Å²) in [6.45, 7) is 0.731. The number of nitrogens with one attached hydrogen (secondary N) is 1. The normalized spacial score (nSPS) is 15.3. The number of imidazole rings is 1. The smallest absolute Gasteiger partial charge is 0.337 e. The lowest BCUT2D eigenvalue weighted by Crippen LogP contribution is -2.16. The van der Waals surface area contributed by atoms with E-state index >= 15 is 0 Å². The van der Waals surface area contributed by atoms with Gasteiger partial charge < -0.3 is 14.8 Å². The summed E-state index contributed by atoms with van der Waals surface area (Å²) in [5.41, 5.74) is 2.06. The lowest BCUT2D eigenvalue weighted by Gasteiger charge is -2.03. The first-order chi connectivity index (χ1) is 8.24. The van der Waals surface area contributed by atoms with Gasteiger partial charge in [0.05, 0.1) is 17.5 Å². The van der Waals surface area contributed by atoms with Crippen LogP contribution in [-0.4, -0.2) is 26.5 Å². The highest BCUT2D eigenvalue weighted by atomic mass is 16.4. The van der Waals surface area contributed by atoms with Crippen molar-refractivity contribution in [3.8, 4) is 0 Å². The molecule has 5 nitrogen and oxygen atoms in total. The van der Waals surface area contributed by atoms with Crippen molar-refractivity contribution in [2.24, 2.45) is 0 Å². The topological polar surface area (TPSA) is 66.6 Å². The summed E-state index contributed by atoms with van der Waals surface area (Å²) in [5.74, 6) is -0.915. The average Bonchev–Trinajstić information content (AvgIpc) is 3.06. The summed E-state index contributed by atoms with van der Waals surface area (Å²) in [5, 5.41) is 12.3. The number of aromatic carboxylic acids is 1. The Morgan fingerprint density at radius 2 is 2.35 bits per heavy atom. The van der Waals surface area contributed by atoms with E-state index in [1.807, 2.05) is 4.40 Å². The molecule has 0 radical (unpaired) electrons. The third-order valence-electron chi connectivity index (χ3n) is 2.98. The molecule has 0 bridgehead atoms. The molecule has 5 heteroatoms. The minimum Gasteiger partial charge on any atom is -0.478 e. The van der Waals surface area contributed by atoms with Gasteiger partial charge in [0.1, 0.15) is 5.65 Å². The number of carbonyl (C=O) groups is 1. The van der Waals surface area contributed by atoms with E-state index in [1.165, 1.54) is 12.8 Å². The Kier molecular flexibility index (Phi) is 2.33. The van der Waals surface area contributed by atoms with Gasteiger partial charge in [-0.15, -0.1) is 0 Å². The zero-order chi connectivity index (χ0) is 11.8. The predicted octanol–water partition coefficient (Wildman–Crippen LogP) is 1.28. The summed E-state index contributed by atoms with van der Waals surface area (Å²) >= 11 is 0. The molecule has 2 heterocycles. The highest BCUT2D eigenvalue weighted by molar-refractivity contribution is 5.87. The molecule has 0 unspecified atom stereocenters. The largest absolute Gasteiger partial charge is 0.478 e. The Bertz CT molecular complexity index is 572. The summed E-state index contributed by atoms with van der Waals surface area (Å²) in [6.07, 6.45) is 5.87. The van der Waals surface area contributed by atoms with Gasteiger partial charge in [-0.2, -0.15) is 0 Å². The van der Waals surface area contributed by atoms with E-state index in [4.69, 9.17) is 5.11 Å². The molecule has 1 fully saturated rings. The van der Waals surface area contributed by atoms with Gasteiger partial charge in [-0.1, -0.05) is 0 Å². The fraction of sp³-hybridized carbons (Fsp3) is 0.333. The van der Waals surface area contributed by atoms with Gasteiger partial charge in [0.25, 0.3) is 0 Å². The first-order valence-electron chi connectivity index (χ1n) is 5.67. The van der Waals surface area contributed by atoms with E-state index in [0.717, 1.165) is 17.9 Å². The number of hydrogen-bond donors (Lipinski definition) is 2. The number of aromatic nitrogens is 2. The van der Waals surface area contributed by atoms with Crippen molar-refractivity contribution in [3.05, 3.63) is 35.8 Å². The average molecular weight is 231 g/mol. The Labute approximate surface area is 98.1 Å². The van der Waals surface area contributed by atoms with E-state index < -0.39 is 5.97 Å². The second-order valence-electron chi connectivity index (χ2n) is 4.36. The number of carboxylic acid groups (broad SMARTS) is 1. The van der Waals surface area contributed by atoms with Gasteiger partial charge in [-0.3, -0.25) is 0 Å². The van der Waals surface area contributed by atoms with Crippen molar-refractivity contribution in [2.45, 2.75) is 25.4 Å². The minimum atomic E-state index is -0.915. The molecule has 2 aromatic rings. The molecule has 0 spiro atoms. The van der Waals surface area contributed by atoms with Crippen LogP contribution in [0.4, 0.5) is 0 Å². The number of fused-ring (bicyclic) bond motifs is 1. The molecule has 2 aromatic heterocycles. The van der Waals surface area contributed by atoms with Crippen molar-refractivity contribution in [2.75, 3.05) is 0 Å². The van der Waals surface area contributed by atoms with Crippen molar-refractivity contribution < 1.29 is 9.90 Å². The van der Waals surface area contributed by atoms with E-state index in [0.29, 0.717) is 6.04 Å². The number of nitrogens with zero attached hydrogens (tertiary/aromatic N) is 2. The van der Waals surface area contributed by atoms with Gasteiger partial charge in [0.15, 0.2) is 0 Å². The molecule has 17 heavy (non-hydrogen) atoms. The quantitative estimate of drug-likeness (QED) is 0.832. The predicted molar refractivity (Wildman–Crippen MR) is 62.0 cm³/mol. The molecule has 1 aliphatic rings. The molecule has 1 aliphatic carbocycles. The maximum absolute atomic E-state index is 10.9. The molecule has 1 saturated carbocycles. The number of carboxylic acids is 1. The van der Waals surface area contributed by atoms with E-state index in [2.05, 4.69) is 10.3 Å². The third kappa shape index (κ3) is 2.01. The van der Waals surface area contributed by atoms with E-state index in [-0.39, 0.29) is 5.56 Å². The van der Waals surface area contributed by atoms with Gasteiger partial charge in [-0.25, -0.2) is 9.78 Å². The van der Waals surface area contributed by atoms with Crippen molar-refractivity contribution in [1.29, 1.82) is 0 Å². The summed E-state index contributed by atoms with van der Waals surface area (Å²) in [6, 6.07) is 3.93. The summed E-state index contributed by atoms with van der Waals surface area (Å²) in [4.78, 5) is 15.2. The maximum Gasteiger partial charge on any atom is 0.337 e. The van der Waals surface area contributed by atoms with Gasteiger partial charge in [0, 0.05) is 18.8 Å². The molecule has 88 valence electrons. The van der Waals surface area contributed by atoms with Crippen LogP contribution in [-0.2, 0) is 6.54 Å². The van der Waals surface area contributed by atoms with E-state index in [9.17, 15) is 4.79 Å². The van der Waals surface area contributed by atoms with Crippen LogP contribution < -0.4 is 5.32 Å². The van der Waals surface area contributed by atoms with Crippen molar-refractivity contribution >= 4 is 11.6 Å². The first-order valence-corrected chi connectivity index (χ1v) is 5.67. The number of hydrogen-bond acceptors (Lipinski definition) is 3. The SMILES string of the molecule is O=C(O)c1ccc2ncc(CNC3CC3)n2c1. The molecule has 0 amide bonds. The van der Waals surface area contributed by atoms with Crippen LogP contribution in [0.5, 0.6) is 0 Å².